The fraction of sp³-hybridized carbons (Fsp3) is 0.435. The summed E-state index contributed by atoms with van der Waals surface area (Å²) in [4.78, 5) is 55.4. The molecule has 2 atom stereocenters. The third kappa shape index (κ3) is 5.16. The van der Waals surface area contributed by atoms with Crippen LogP contribution in [0, 0.1) is 12.8 Å². The topological polar surface area (TPSA) is 124 Å². The number of nitrogens with zero attached hydrogens (tertiary/aromatic N) is 3. The van der Waals surface area contributed by atoms with E-state index in [1.54, 1.807) is 32.0 Å². The van der Waals surface area contributed by atoms with E-state index in [1.807, 2.05) is 5.01 Å². The number of carbonyl (C=O) groups is 4. The summed E-state index contributed by atoms with van der Waals surface area (Å²) in [7, 11) is 1.48. The molecule has 10 nitrogen and oxygen atoms in total. The third-order valence-electron chi connectivity index (χ3n) is 5.95. The Kier molecular flexibility index (Phi) is 6.98. The van der Waals surface area contributed by atoms with Crippen molar-refractivity contribution in [3.63, 3.8) is 0 Å². The summed E-state index contributed by atoms with van der Waals surface area (Å²) in [5.74, 6) is -2.68. The molecule has 4 amide bonds. The molecule has 35 heavy (non-hydrogen) atoms. The Bertz CT molecular complexity index is 1240. The van der Waals surface area contributed by atoms with Crippen LogP contribution in [0.2, 0.25) is 5.02 Å². The lowest BCUT2D eigenvalue weighted by Crippen LogP contribution is -2.47. The molecule has 1 aromatic heterocycles. The maximum absolute atomic E-state index is 13.5. The highest BCUT2D eigenvalue weighted by atomic mass is 35.5. The number of rotatable bonds is 6. The maximum atomic E-state index is 13.5. The van der Waals surface area contributed by atoms with Crippen molar-refractivity contribution < 1.29 is 20.5 Å². The zero-order chi connectivity index (χ0) is 26.2. The van der Waals surface area contributed by atoms with Crippen molar-refractivity contribution in [2.24, 2.45) is 5.92 Å². The van der Waals surface area contributed by atoms with Gasteiger partial charge in [0.15, 0.2) is 5.01 Å². The highest BCUT2D eigenvalue weighted by molar-refractivity contribution is 7.15. The lowest BCUT2D eigenvalue weighted by Gasteiger charge is -2.28. The molecule has 186 valence electrons. The third-order valence-corrected chi connectivity index (χ3v) is 7.34. The van der Waals surface area contributed by atoms with E-state index in [9.17, 15) is 19.2 Å². The number of benzene rings is 1. The van der Waals surface area contributed by atoms with Gasteiger partial charge in [-0.1, -0.05) is 24.6 Å². The number of halogens is 1. The van der Waals surface area contributed by atoms with E-state index >= 15 is 0 Å². The Balaban J connectivity index is 1.49. The zero-order valence-corrected chi connectivity index (χ0v) is 21.2. The van der Waals surface area contributed by atoms with Gasteiger partial charge in [0, 0.05) is 38.2 Å². The normalized spacial score (nSPS) is 20.9. The Labute approximate surface area is 213 Å². The van der Waals surface area contributed by atoms with Crippen molar-refractivity contribution in [2.45, 2.75) is 32.8 Å². The number of amides is 4. The molecule has 2 aliphatic heterocycles. The quantitative estimate of drug-likeness (QED) is 0.533. The molecule has 1 aromatic carbocycles. The molecular formula is C23H27ClN6O4S. The molecule has 0 unspecified atom stereocenters. The van der Waals surface area contributed by atoms with Crippen LogP contribution in [0.25, 0.3) is 0 Å². The molecular weight excluding hydrogens is 492 g/mol. The predicted octanol–water partition coefficient (Wildman–Crippen LogP) is 1.65. The number of aromatic nitrogens is 1. The van der Waals surface area contributed by atoms with E-state index in [0.29, 0.717) is 41.5 Å². The monoisotopic (exact) mass is 519 g/mol. The van der Waals surface area contributed by atoms with Gasteiger partial charge in [-0.2, -0.15) is 0 Å². The second-order valence-corrected chi connectivity index (χ2v) is 9.89. The van der Waals surface area contributed by atoms with Gasteiger partial charge >= 0.3 is 0 Å². The van der Waals surface area contributed by atoms with Crippen molar-refractivity contribution in [1.29, 1.82) is 0 Å². The van der Waals surface area contributed by atoms with Gasteiger partial charge in [0.25, 0.3) is 17.7 Å². The van der Waals surface area contributed by atoms with E-state index in [4.69, 9.17) is 13.0 Å². The largest absolute Gasteiger partial charge is 0.353 e. The molecule has 4 rings (SSSR count). The minimum atomic E-state index is -2.04. The minimum Gasteiger partial charge on any atom is -0.353 e. The summed E-state index contributed by atoms with van der Waals surface area (Å²) in [6, 6.07) is 2.89. The van der Waals surface area contributed by atoms with E-state index in [1.165, 1.54) is 12.1 Å². The van der Waals surface area contributed by atoms with Gasteiger partial charge in [-0.15, -0.1) is 11.3 Å². The molecule has 1 fully saturated rings. The van der Waals surface area contributed by atoms with Gasteiger partial charge in [-0.25, -0.2) is 9.99 Å². The molecule has 1 saturated heterocycles. The van der Waals surface area contributed by atoms with Crippen molar-refractivity contribution in [3.8, 4) is 0 Å². The first-order chi connectivity index (χ1) is 17.0. The van der Waals surface area contributed by atoms with Gasteiger partial charge in [0.2, 0.25) is 5.91 Å². The Morgan fingerprint density at radius 2 is 2.09 bits per heavy atom. The summed E-state index contributed by atoms with van der Waals surface area (Å²) in [5.41, 5.74) is 1.48. The lowest BCUT2D eigenvalue weighted by atomic mass is 9.99. The number of hydrogen-bond acceptors (Lipinski definition) is 7. The summed E-state index contributed by atoms with van der Waals surface area (Å²) >= 11 is 7.15. The number of hydrogen-bond donors (Lipinski definition) is 3. The Morgan fingerprint density at radius 3 is 2.83 bits per heavy atom. The zero-order valence-electron chi connectivity index (χ0n) is 20.6. The molecule has 3 heterocycles. The SMILES string of the molecule is [2H][C@]1(NC(=O)[C@H](C)CNC(=O)c2sc(C(=O)NC)nc2C)C(=O)N2CCCN2Cc2cc(Cl)ccc21. The van der Waals surface area contributed by atoms with Crippen LogP contribution in [0.4, 0.5) is 0 Å². The molecule has 0 bridgehead atoms. The second kappa shape index (κ2) is 10.3. The number of nitrogens with one attached hydrogen (secondary N) is 3. The smallest absolute Gasteiger partial charge is 0.280 e. The number of carbonyl (C=O) groups excluding carboxylic acids is 4. The summed E-state index contributed by atoms with van der Waals surface area (Å²) in [6.45, 7) is 4.74. The molecule has 2 aromatic rings. The van der Waals surface area contributed by atoms with Crippen LogP contribution in [0.3, 0.4) is 0 Å². The van der Waals surface area contributed by atoms with Crippen LogP contribution in [0.15, 0.2) is 18.2 Å². The summed E-state index contributed by atoms with van der Waals surface area (Å²) in [6.07, 6.45) is 0.771. The Hall–Kier alpha value is -3.02. The molecule has 0 spiro atoms. The Morgan fingerprint density at radius 1 is 1.31 bits per heavy atom. The van der Waals surface area contributed by atoms with Crippen molar-refractivity contribution in [3.05, 3.63) is 49.9 Å². The first kappa shape index (κ1) is 23.7. The minimum absolute atomic E-state index is 0.0368. The van der Waals surface area contributed by atoms with Crippen LogP contribution in [-0.2, 0) is 16.1 Å². The van der Waals surface area contributed by atoms with Crippen LogP contribution in [0.5, 0.6) is 0 Å². The highest BCUT2D eigenvalue weighted by Crippen LogP contribution is 2.31. The number of thiazole rings is 1. The van der Waals surface area contributed by atoms with Gasteiger partial charge < -0.3 is 16.0 Å². The van der Waals surface area contributed by atoms with Gasteiger partial charge in [-0.05, 0) is 36.6 Å². The van der Waals surface area contributed by atoms with Crippen molar-refractivity contribution in [2.75, 3.05) is 26.7 Å². The fourth-order valence-corrected chi connectivity index (χ4v) is 5.16. The maximum Gasteiger partial charge on any atom is 0.280 e. The van der Waals surface area contributed by atoms with Gasteiger partial charge in [-0.3, -0.25) is 24.2 Å². The fourth-order valence-electron chi connectivity index (χ4n) is 4.03. The van der Waals surface area contributed by atoms with E-state index in [-0.39, 0.29) is 22.3 Å². The van der Waals surface area contributed by atoms with Crippen LogP contribution in [-0.4, -0.2) is 65.3 Å². The molecule has 3 N–H and O–H groups in total. The highest BCUT2D eigenvalue weighted by Gasteiger charge is 2.38. The molecule has 0 radical (unpaired) electrons. The first-order valence-corrected chi connectivity index (χ1v) is 12.4. The molecule has 0 aliphatic carbocycles. The molecule has 2 aliphatic rings. The number of fused-ring (bicyclic) bond motifs is 2. The summed E-state index contributed by atoms with van der Waals surface area (Å²) in [5, 5.41) is 11.8. The van der Waals surface area contributed by atoms with Crippen LogP contribution in [0.1, 0.15) is 57.0 Å². The summed E-state index contributed by atoms with van der Waals surface area (Å²) < 4.78 is 9.11. The van der Waals surface area contributed by atoms with Gasteiger partial charge in [0.1, 0.15) is 10.9 Å². The average Bonchev–Trinajstić information content (AvgIpc) is 3.45. The number of hydrazine groups is 1. The van der Waals surface area contributed by atoms with Gasteiger partial charge in [0.05, 0.1) is 13.0 Å². The predicted molar refractivity (Wildman–Crippen MR) is 131 cm³/mol. The van der Waals surface area contributed by atoms with E-state index in [2.05, 4.69) is 20.9 Å². The lowest BCUT2D eigenvalue weighted by molar-refractivity contribution is -0.148. The number of aryl methyl sites for hydroxylation is 1. The first-order valence-electron chi connectivity index (χ1n) is 11.7. The average molecular weight is 520 g/mol. The van der Waals surface area contributed by atoms with E-state index in [0.717, 1.165) is 17.8 Å². The second-order valence-electron chi connectivity index (χ2n) is 8.46. The van der Waals surface area contributed by atoms with E-state index < -0.39 is 29.7 Å². The molecule has 0 saturated carbocycles. The van der Waals surface area contributed by atoms with Crippen LogP contribution >= 0.6 is 22.9 Å². The van der Waals surface area contributed by atoms with Crippen molar-refractivity contribution >= 4 is 46.6 Å². The standard InChI is InChI=1S/C23H27ClN6O4S/c1-12(10-26-20(32)18-13(2)27-22(35-18)21(33)25-3)19(31)28-17-16-6-5-15(24)9-14(16)11-29-7-4-8-30(29)23(17)34/h5-6,9,12,17H,4,7-8,10-11H2,1-3H3,(H,25,33)(H,26,32)(H,28,31)/t12-,17-/m1/s1/i17D. The van der Waals surface area contributed by atoms with Crippen LogP contribution < -0.4 is 16.0 Å². The van der Waals surface area contributed by atoms with Crippen molar-refractivity contribution in [1.82, 2.24) is 31.0 Å². The molecule has 12 heteroatoms.